The molecule has 0 aliphatic heterocycles. The molecule has 2 heterocycles. The molecule has 0 bridgehead atoms. The van der Waals surface area contributed by atoms with Crippen LogP contribution in [0.1, 0.15) is 109 Å². The third-order valence-electron chi connectivity index (χ3n) is 10.7. The van der Waals surface area contributed by atoms with Crippen LogP contribution >= 0.6 is 0 Å². The number of hydrogen-bond acceptors (Lipinski definition) is 13. The van der Waals surface area contributed by atoms with E-state index >= 15 is 0 Å². The van der Waals surface area contributed by atoms with Crippen LogP contribution in [0.15, 0.2) is 109 Å². The van der Waals surface area contributed by atoms with Crippen LogP contribution < -0.4 is 24.0 Å². The molecule has 1 N–H and O–H groups in total. The fourth-order valence-corrected chi connectivity index (χ4v) is 7.06. The molecule has 2 amide bonds. The molecule has 72 heavy (non-hydrogen) atoms. The Hall–Kier alpha value is -8.96. The smallest absolute Gasteiger partial charge is 0.415 e. The van der Waals surface area contributed by atoms with E-state index in [1.807, 2.05) is 26.0 Å². The van der Waals surface area contributed by atoms with Gasteiger partial charge in [-0.15, -0.1) is 0 Å². The van der Waals surface area contributed by atoms with Crippen molar-refractivity contribution in [1.29, 1.82) is 21.0 Å². The number of carbonyl (C=O) groups is 2. The maximum absolute atomic E-state index is 13.1. The third kappa shape index (κ3) is 14.8. The zero-order valence-corrected chi connectivity index (χ0v) is 41.8. The topological polar surface area (TPSA) is 233 Å². The Balaban J connectivity index is 0.000000267. The third-order valence-corrected chi connectivity index (χ3v) is 10.7. The van der Waals surface area contributed by atoms with Crippen molar-refractivity contribution in [1.82, 2.24) is 4.98 Å². The second-order valence-corrected chi connectivity index (χ2v) is 18.5. The molecule has 6 aromatic rings. The number of pyridine rings is 2. The fourth-order valence-electron chi connectivity index (χ4n) is 7.06. The van der Waals surface area contributed by atoms with Crippen molar-refractivity contribution in [3.8, 4) is 35.8 Å². The van der Waals surface area contributed by atoms with Gasteiger partial charge in [-0.3, -0.25) is 14.8 Å². The molecule has 4 aromatic carbocycles. The highest BCUT2D eigenvalue weighted by Gasteiger charge is 2.28. The van der Waals surface area contributed by atoms with Crippen LogP contribution in [0.5, 0.6) is 11.5 Å². The zero-order chi connectivity index (χ0) is 52.8. The van der Waals surface area contributed by atoms with Gasteiger partial charge in [-0.1, -0.05) is 24.3 Å². The van der Waals surface area contributed by atoms with E-state index in [9.17, 15) is 19.9 Å². The van der Waals surface area contributed by atoms with Gasteiger partial charge < -0.3 is 29.3 Å². The molecular weight excluding hydrogens is 913 g/mol. The second-order valence-electron chi connectivity index (χ2n) is 18.5. The number of ether oxygens (including phenoxy) is 4. The molecular formula is C56H56N8O8. The first-order chi connectivity index (χ1) is 34.2. The van der Waals surface area contributed by atoms with Crippen LogP contribution in [0, 0.1) is 71.3 Å². The van der Waals surface area contributed by atoms with E-state index in [2.05, 4.69) is 29.3 Å². The van der Waals surface area contributed by atoms with Crippen molar-refractivity contribution in [3.05, 3.63) is 182 Å². The molecule has 0 spiro atoms. The fraction of sp³-hybridized carbons (Fsp3) is 0.286. The normalized spacial score (nSPS) is 10.8. The van der Waals surface area contributed by atoms with E-state index in [-0.39, 0.29) is 32.9 Å². The first-order valence-corrected chi connectivity index (χ1v) is 22.7. The molecule has 6 rings (SSSR count). The number of nitrogens with zero attached hydrogens (tertiary/aromatic N) is 8. The van der Waals surface area contributed by atoms with Gasteiger partial charge in [0.2, 0.25) is 5.69 Å². The van der Waals surface area contributed by atoms with E-state index in [1.54, 1.807) is 140 Å². The highest BCUT2D eigenvalue weighted by atomic mass is 16.6. The predicted octanol–water partition coefficient (Wildman–Crippen LogP) is 10.3. The lowest BCUT2D eigenvalue weighted by Crippen LogP contribution is -2.38. The van der Waals surface area contributed by atoms with Crippen molar-refractivity contribution >= 4 is 23.6 Å². The van der Waals surface area contributed by atoms with Crippen LogP contribution in [0.3, 0.4) is 0 Å². The molecule has 0 saturated carbocycles. The van der Waals surface area contributed by atoms with Crippen molar-refractivity contribution in [2.75, 3.05) is 9.80 Å². The van der Waals surface area contributed by atoms with Crippen LogP contribution in [0.2, 0.25) is 0 Å². The summed E-state index contributed by atoms with van der Waals surface area (Å²) in [5.41, 5.74) is 6.68. The minimum absolute atomic E-state index is 0.0510. The Kier molecular flexibility index (Phi) is 18.0. The van der Waals surface area contributed by atoms with Gasteiger partial charge in [-0.2, -0.15) is 25.8 Å². The van der Waals surface area contributed by atoms with Gasteiger partial charge in [0, 0.05) is 35.6 Å². The molecule has 0 aliphatic carbocycles. The lowest BCUT2D eigenvalue weighted by molar-refractivity contribution is -0.613. The first kappa shape index (κ1) is 54.0. The molecule has 0 unspecified atom stereocenters. The average Bonchev–Trinajstić information content (AvgIpc) is 3.35. The first-order valence-electron chi connectivity index (χ1n) is 22.7. The summed E-state index contributed by atoms with van der Waals surface area (Å²) in [7, 11) is 0. The Morgan fingerprint density at radius 1 is 0.625 bits per heavy atom. The number of nitriles is 4. The monoisotopic (exact) mass is 968 g/mol. The summed E-state index contributed by atoms with van der Waals surface area (Å²) in [6, 6.07) is 35.7. The van der Waals surface area contributed by atoms with Crippen LogP contribution in [-0.4, -0.2) is 33.5 Å². The van der Waals surface area contributed by atoms with Crippen molar-refractivity contribution < 1.29 is 38.4 Å². The summed E-state index contributed by atoms with van der Waals surface area (Å²) in [6.07, 6.45) is 1.90. The summed E-state index contributed by atoms with van der Waals surface area (Å²) in [6.45, 7) is 16.2. The molecule has 0 saturated heterocycles. The highest BCUT2D eigenvalue weighted by Crippen LogP contribution is 2.31. The van der Waals surface area contributed by atoms with Crippen molar-refractivity contribution in [3.63, 3.8) is 0 Å². The van der Waals surface area contributed by atoms with Gasteiger partial charge in [0.1, 0.15) is 35.9 Å². The SMILES string of the molecule is Cc1c(CN(C(=O)OC(C)(C)C)c2ccc(C#N)cc2)c[n+]([O-])c(C)c1OCc1cccc(C#N)c1.Cc1c(CN(C(=O)OC(C)(C)C)c2ccc(C#N)cc2)cnc(CO)c1OCc1cccc(C#N)c1. The van der Waals surface area contributed by atoms with E-state index in [4.69, 9.17) is 40.0 Å². The predicted molar refractivity (Wildman–Crippen MR) is 268 cm³/mol. The largest absolute Gasteiger partial charge is 0.618 e. The summed E-state index contributed by atoms with van der Waals surface area (Å²) in [4.78, 5) is 33.5. The number of benzene rings is 4. The number of aliphatic hydroxyl groups excluding tert-OH is 1. The molecule has 0 fully saturated rings. The molecule has 368 valence electrons. The molecule has 16 nitrogen and oxygen atoms in total. The molecule has 0 aliphatic rings. The molecule has 0 radical (unpaired) electrons. The van der Waals surface area contributed by atoms with Crippen molar-refractivity contribution in [2.24, 2.45) is 0 Å². The summed E-state index contributed by atoms with van der Waals surface area (Å²) in [5, 5.41) is 59.1. The van der Waals surface area contributed by atoms with Crippen LogP contribution in [0.4, 0.5) is 21.0 Å². The molecule has 2 aromatic heterocycles. The number of aliphatic hydroxyl groups is 1. The van der Waals surface area contributed by atoms with Gasteiger partial charge in [0.25, 0.3) is 0 Å². The highest BCUT2D eigenvalue weighted by molar-refractivity contribution is 5.88. The Morgan fingerprint density at radius 2 is 1.04 bits per heavy atom. The summed E-state index contributed by atoms with van der Waals surface area (Å²) < 4.78 is 24.0. The lowest BCUT2D eigenvalue weighted by Gasteiger charge is -2.28. The minimum atomic E-state index is -0.727. The number of carbonyl (C=O) groups excluding carboxylic acids is 2. The summed E-state index contributed by atoms with van der Waals surface area (Å²) in [5.74, 6) is 0.829. The van der Waals surface area contributed by atoms with E-state index in [0.717, 1.165) is 15.9 Å². The quantitative estimate of drug-likeness (QED) is 0.0839. The number of hydrogen-bond donors (Lipinski definition) is 1. The Labute approximate surface area is 420 Å². The Bertz CT molecular complexity index is 3080. The number of amides is 2. The van der Waals surface area contributed by atoms with Gasteiger partial charge in [0.15, 0.2) is 11.9 Å². The minimum Gasteiger partial charge on any atom is -0.618 e. The average molecular weight is 969 g/mol. The van der Waals surface area contributed by atoms with Crippen molar-refractivity contribution in [2.45, 2.75) is 106 Å². The number of aromatic nitrogens is 2. The molecule has 0 atom stereocenters. The van der Waals surface area contributed by atoms with E-state index in [0.29, 0.717) is 78.8 Å². The van der Waals surface area contributed by atoms with Gasteiger partial charge >= 0.3 is 12.2 Å². The zero-order valence-electron chi connectivity index (χ0n) is 41.8. The standard InChI is InChI=1S/2C28H28N4O4/c1-19-24(16-31(27(33)36-28(3,4)5)25-11-9-21(14-29)10-12-25)17-32(34)20(2)26(19)35-18-23-8-6-7-22(13-23)15-30;1-19-23(15-31-25(17-33)26(19)35-18-22-7-5-6-21(12-22)14-30)16-32(27(34)36-28(2,3)4)24-10-8-20(13-29)9-11-24/h6-13,17H,16,18H2,1-5H3;5-12,15,33H,16-18H2,1-4H3. The van der Waals surface area contributed by atoms with Crippen LogP contribution in [0.25, 0.3) is 0 Å². The van der Waals surface area contributed by atoms with Gasteiger partial charge in [-0.05, 0) is 150 Å². The van der Waals surface area contributed by atoms with Gasteiger partial charge in [-0.25, -0.2) is 9.59 Å². The maximum atomic E-state index is 13.1. The summed E-state index contributed by atoms with van der Waals surface area (Å²) >= 11 is 0. The maximum Gasteiger partial charge on any atom is 0.415 e. The second kappa shape index (κ2) is 24.0. The number of rotatable bonds is 13. The van der Waals surface area contributed by atoms with E-state index < -0.39 is 23.4 Å². The molecule has 16 heteroatoms. The number of anilines is 2. The lowest BCUT2D eigenvalue weighted by atomic mass is 10.1. The van der Waals surface area contributed by atoms with Gasteiger partial charge in [0.05, 0.1) is 66.2 Å². The van der Waals surface area contributed by atoms with E-state index in [1.165, 1.54) is 16.0 Å². The Morgan fingerprint density at radius 3 is 1.46 bits per heavy atom. The van der Waals surface area contributed by atoms with Crippen LogP contribution in [-0.2, 0) is 42.4 Å².